The lowest BCUT2D eigenvalue weighted by atomic mass is 10.1. The third-order valence-electron chi connectivity index (χ3n) is 5.38. The molecular formula is C26H21N7O4. The van der Waals surface area contributed by atoms with E-state index in [9.17, 15) is 9.59 Å². The fourth-order valence-electron chi connectivity index (χ4n) is 3.71. The summed E-state index contributed by atoms with van der Waals surface area (Å²) in [5.74, 6) is 0.0582. The normalized spacial score (nSPS) is 10.7. The van der Waals surface area contributed by atoms with Crippen molar-refractivity contribution >= 4 is 34.3 Å². The zero-order chi connectivity index (χ0) is 25.8. The fraction of sp³-hybridized carbons (Fsp3) is 0.0769. The van der Waals surface area contributed by atoms with Crippen LogP contribution in [0.4, 0.5) is 17.6 Å². The molecule has 0 aliphatic carbocycles. The molecule has 5 rings (SSSR count). The van der Waals surface area contributed by atoms with E-state index in [4.69, 9.17) is 15.2 Å². The van der Waals surface area contributed by atoms with Crippen LogP contribution in [0.2, 0.25) is 0 Å². The minimum atomic E-state index is -0.751. The number of hydrogen-bond acceptors (Lipinski definition) is 10. The lowest BCUT2D eigenvalue weighted by Gasteiger charge is -2.12. The van der Waals surface area contributed by atoms with Gasteiger partial charge in [-0.15, -0.1) is 0 Å². The summed E-state index contributed by atoms with van der Waals surface area (Å²) in [5, 5.41) is 8.05. The Morgan fingerprint density at radius 2 is 1.62 bits per heavy atom. The summed E-state index contributed by atoms with van der Waals surface area (Å²) >= 11 is 0. The average Bonchev–Trinajstić information content (AvgIpc) is 2.92. The van der Waals surface area contributed by atoms with Crippen LogP contribution in [0.25, 0.3) is 16.5 Å². The molecule has 0 spiro atoms. The summed E-state index contributed by atoms with van der Waals surface area (Å²) in [4.78, 5) is 38.6. The lowest BCUT2D eigenvalue weighted by molar-refractivity contribution is 0.0455. The molecule has 5 aromatic rings. The standard InChI is InChI=1S/C26H21N7O4/c1-36-20-14-8-7-13-19(20)28-26-30-21(29-25(27)31-26)15-37-24(35)22-17-11-5-6-12-18(17)23(34)33(32-22)16-9-3-2-4-10-16/h2-14H,15H2,1H3,(H3,27,28,29,30,31). The Labute approximate surface area is 210 Å². The van der Waals surface area contributed by atoms with E-state index in [-0.39, 0.29) is 35.6 Å². The van der Waals surface area contributed by atoms with Crippen molar-refractivity contribution in [3.05, 3.63) is 101 Å². The highest BCUT2D eigenvalue weighted by Crippen LogP contribution is 2.25. The molecule has 3 aromatic carbocycles. The van der Waals surface area contributed by atoms with Crippen LogP contribution in [-0.4, -0.2) is 37.8 Å². The van der Waals surface area contributed by atoms with E-state index in [1.54, 1.807) is 67.8 Å². The molecule has 3 N–H and O–H groups in total. The number of nitrogens with zero attached hydrogens (tertiary/aromatic N) is 5. The number of benzene rings is 3. The van der Waals surface area contributed by atoms with Gasteiger partial charge in [0.25, 0.3) is 5.56 Å². The van der Waals surface area contributed by atoms with E-state index in [0.717, 1.165) is 0 Å². The van der Waals surface area contributed by atoms with E-state index < -0.39 is 5.97 Å². The van der Waals surface area contributed by atoms with E-state index in [0.29, 0.717) is 27.9 Å². The number of hydrogen-bond donors (Lipinski definition) is 2. The van der Waals surface area contributed by atoms with Gasteiger partial charge in [-0.3, -0.25) is 4.79 Å². The van der Waals surface area contributed by atoms with Gasteiger partial charge in [0.2, 0.25) is 11.9 Å². The number of anilines is 3. The van der Waals surface area contributed by atoms with Crippen molar-refractivity contribution in [1.29, 1.82) is 0 Å². The Kier molecular flexibility index (Phi) is 6.41. The molecule has 0 bridgehead atoms. The maximum absolute atomic E-state index is 13.1. The first-order chi connectivity index (χ1) is 18.0. The molecule has 11 nitrogen and oxygen atoms in total. The number of rotatable bonds is 7. The van der Waals surface area contributed by atoms with Crippen LogP contribution >= 0.6 is 0 Å². The second-order valence-corrected chi connectivity index (χ2v) is 7.78. The molecule has 0 aliphatic heterocycles. The molecule has 0 saturated carbocycles. The first kappa shape index (κ1) is 23.4. The molecule has 0 radical (unpaired) electrons. The number of nitrogens with one attached hydrogen (secondary N) is 1. The summed E-state index contributed by atoms with van der Waals surface area (Å²) in [5.41, 5.74) is 6.62. The van der Waals surface area contributed by atoms with Gasteiger partial charge in [-0.05, 0) is 30.3 Å². The highest BCUT2D eigenvalue weighted by molar-refractivity contribution is 6.02. The average molecular weight is 495 g/mol. The van der Waals surface area contributed by atoms with Crippen molar-refractivity contribution in [3.63, 3.8) is 0 Å². The van der Waals surface area contributed by atoms with Gasteiger partial charge in [-0.1, -0.05) is 48.5 Å². The number of para-hydroxylation sites is 3. The molecule has 37 heavy (non-hydrogen) atoms. The molecule has 11 heteroatoms. The van der Waals surface area contributed by atoms with Crippen LogP contribution in [0.3, 0.4) is 0 Å². The van der Waals surface area contributed by atoms with Crippen LogP contribution in [0.5, 0.6) is 5.75 Å². The first-order valence-corrected chi connectivity index (χ1v) is 11.2. The van der Waals surface area contributed by atoms with Gasteiger partial charge >= 0.3 is 5.97 Å². The number of carbonyl (C=O) groups excluding carboxylic acids is 1. The Morgan fingerprint density at radius 3 is 2.41 bits per heavy atom. The van der Waals surface area contributed by atoms with Gasteiger partial charge in [0.05, 0.1) is 23.9 Å². The number of nitrogen functional groups attached to an aromatic ring is 1. The fourth-order valence-corrected chi connectivity index (χ4v) is 3.71. The molecule has 0 saturated heterocycles. The van der Waals surface area contributed by atoms with Gasteiger partial charge in [-0.25, -0.2) is 4.79 Å². The Bertz CT molecular complexity index is 1650. The molecule has 2 aromatic heterocycles. The Hall–Kier alpha value is -5.32. The predicted molar refractivity (Wildman–Crippen MR) is 137 cm³/mol. The van der Waals surface area contributed by atoms with Crippen molar-refractivity contribution in [3.8, 4) is 11.4 Å². The monoisotopic (exact) mass is 495 g/mol. The molecule has 0 unspecified atom stereocenters. The molecule has 0 amide bonds. The topological polar surface area (TPSA) is 147 Å². The largest absolute Gasteiger partial charge is 0.495 e. The lowest BCUT2D eigenvalue weighted by Crippen LogP contribution is -2.25. The first-order valence-electron chi connectivity index (χ1n) is 11.2. The van der Waals surface area contributed by atoms with Crippen LogP contribution in [-0.2, 0) is 11.3 Å². The molecule has 2 heterocycles. The van der Waals surface area contributed by atoms with E-state index in [1.165, 1.54) is 4.68 Å². The number of ether oxygens (including phenoxy) is 2. The SMILES string of the molecule is COc1ccccc1Nc1nc(N)nc(COC(=O)c2nn(-c3ccccc3)c(=O)c3ccccc23)n1. The minimum Gasteiger partial charge on any atom is -0.495 e. The van der Waals surface area contributed by atoms with Crippen LogP contribution < -0.4 is 21.3 Å². The summed E-state index contributed by atoms with van der Waals surface area (Å²) in [6.45, 7) is -0.299. The third kappa shape index (κ3) is 4.91. The number of fused-ring (bicyclic) bond motifs is 1. The van der Waals surface area contributed by atoms with Crippen molar-refractivity contribution in [2.24, 2.45) is 0 Å². The molecule has 0 aliphatic rings. The maximum atomic E-state index is 13.1. The number of esters is 1. The molecule has 184 valence electrons. The third-order valence-corrected chi connectivity index (χ3v) is 5.38. The van der Waals surface area contributed by atoms with Crippen LogP contribution in [0, 0.1) is 0 Å². The number of methoxy groups -OCH3 is 1. The van der Waals surface area contributed by atoms with Gasteiger partial charge in [0.15, 0.2) is 18.1 Å². The maximum Gasteiger partial charge on any atom is 0.359 e. The Balaban J connectivity index is 1.43. The van der Waals surface area contributed by atoms with Crippen molar-refractivity contribution in [1.82, 2.24) is 24.7 Å². The summed E-state index contributed by atoms with van der Waals surface area (Å²) in [6, 6.07) is 22.8. The minimum absolute atomic E-state index is 0.0200. The van der Waals surface area contributed by atoms with Crippen LogP contribution in [0.1, 0.15) is 16.3 Å². The molecular weight excluding hydrogens is 474 g/mol. The highest BCUT2D eigenvalue weighted by atomic mass is 16.5. The summed E-state index contributed by atoms with van der Waals surface area (Å²) < 4.78 is 12.0. The van der Waals surface area contributed by atoms with Crippen molar-refractivity contribution in [2.75, 3.05) is 18.2 Å². The van der Waals surface area contributed by atoms with Gasteiger partial charge in [0.1, 0.15) is 5.75 Å². The zero-order valence-electron chi connectivity index (χ0n) is 19.7. The smallest absolute Gasteiger partial charge is 0.359 e. The highest BCUT2D eigenvalue weighted by Gasteiger charge is 2.19. The van der Waals surface area contributed by atoms with Crippen LogP contribution in [0.15, 0.2) is 83.7 Å². The van der Waals surface area contributed by atoms with Gasteiger partial charge in [-0.2, -0.15) is 24.7 Å². The number of nitrogens with two attached hydrogens (primary N) is 1. The van der Waals surface area contributed by atoms with E-state index in [1.807, 2.05) is 18.2 Å². The summed E-state index contributed by atoms with van der Waals surface area (Å²) in [6.07, 6.45) is 0. The van der Waals surface area contributed by atoms with Gasteiger partial charge < -0.3 is 20.5 Å². The zero-order valence-corrected chi connectivity index (χ0v) is 19.7. The van der Waals surface area contributed by atoms with Gasteiger partial charge in [0, 0.05) is 5.39 Å². The predicted octanol–water partition coefficient (Wildman–Crippen LogP) is 3.26. The molecule has 0 atom stereocenters. The quantitative estimate of drug-likeness (QED) is 0.322. The number of carbonyl (C=O) groups is 1. The second-order valence-electron chi connectivity index (χ2n) is 7.78. The number of aromatic nitrogens is 5. The second kappa shape index (κ2) is 10.1. The van der Waals surface area contributed by atoms with E-state index >= 15 is 0 Å². The van der Waals surface area contributed by atoms with E-state index in [2.05, 4.69) is 25.4 Å². The summed E-state index contributed by atoms with van der Waals surface area (Å²) in [7, 11) is 1.55. The van der Waals surface area contributed by atoms with Crippen molar-refractivity contribution in [2.45, 2.75) is 6.61 Å². The van der Waals surface area contributed by atoms with Crippen molar-refractivity contribution < 1.29 is 14.3 Å². The molecule has 0 fully saturated rings. The Morgan fingerprint density at radius 1 is 0.919 bits per heavy atom.